The fourth-order valence-electron chi connectivity index (χ4n) is 4.32. The Morgan fingerprint density at radius 3 is 2.32 bits per heavy atom. The van der Waals surface area contributed by atoms with Gasteiger partial charge in [0.1, 0.15) is 6.04 Å². The highest BCUT2D eigenvalue weighted by molar-refractivity contribution is 6.05. The third-order valence-corrected chi connectivity index (χ3v) is 6.27. The second kappa shape index (κ2) is 9.90. The molecule has 31 heavy (non-hydrogen) atoms. The lowest BCUT2D eigenvalue weighted by atomic mass is 9.85. The van der Waals surface area contributed by atoms with E-state index in [1.54, 1.807) is 6.92 Å². The van der Waals surface area contributed by atoms with Gasteiger partial charge in [-0.3, -0.25) is 24.1 Å². The molecule has 7 nitrogen and oxygen atoms in total. The molecule has 0 aromatic heterocycles. The Bertz CT molecular complexity index is 869. The molecule has 1 aliphatic carbocycles. The number of rotatable bonds is 8. The summed E-state index contributed by atoms with van der Waals surface area (Å²) in [6.45, 7) is 6.32. The Balaban J connectivity index is 1.72. The number of nitrogens with one attached hydrogen (secondary N) is 1. The molecule has 1 fully saturated rings. The predicted molar refractivity (Wildman–Crippen MR) is 117 cm³/mol. The zero-order valence-corrected chi connectivity index (χ0v) is 18.5. The molecular formula is C24H31N3O4. The molecule has 1 aromatic rings. The molecule has 2 aliphatic rings. The van der Waals surface area contributed by atoms with Crippen LogP contribution in [0.3, 0.4) is 0 Å². The van der Waals surface area contributed by atoms with E-state index in [2.05, 4.69) is 5.32 Å². The van der Waals surface area contributed by atoms with Crippen LogP contribution in [0.2, 0.25) is 0 Å². The standard InChI is InChI=1S/C24H31N3O4/c1-4-25-22(29)17(3)27(15-18-10-6-5-9-16(18)2)21(28)13-14-26-23(30)19-11-7-8-12-20(19)24(26)31/h5-10,17,19-20H,4,11-15H2,1-3H3,(H,25,29)/t17-,19-,20+/m0/s1. The van der Waals surface area contributed by atoms with Gasteiger partial charge in [-0.25, -0.2) is 0 Å². The number of likely N-dealkylation sites (tertiary alicyclic amines) is 1. The molecule has 1 aromatic carbocycles. The van der Waals surface area contributed by atoms with E-state index in [1.807, 2.05) is 50.3 Å². The number of fused-ring (bicyclic) bond motifs is 1. The second-order valence-electron chi connectivity index (χ2n) is 8.25. The van der Waals surface area contributed by atoms with Crippen LogP contribution in [0.5, 0.6) is 0 Å². The van der Waals surface area contributed by atoms with Crippen molar-refractivity contribution in [3.8, 4) is 0 Å². The van der Waals surface area contributed by atoms with Gasteiger partial charge < -0.3 is 10.2 Å². The van der Waals surface area contributed by atoms with E-state index in [1.165, 1.54) is 9.80 Å². The predicted octanol–water partition coefficient (Wildman–Crippen LogP) is 2.19. The fourth-order valence-corrected chi connectivity index (χ4v) is 4.32. The third kappa shape index (κ3) is 4.86. The zero-order chi connectivity index (χ0) is 22.5. The number of likely N-dealkylation sites (N-methyl/N-ethyl adjacent to an activating group) is 1. The summed E-state index contributed by atoms with van der Waals surface area (Å²) in [6.07, 6.45) is 5.04. The summed E-state index contributed by atoms with van der Waals surface area (Å²) in [7, 11) is 0. The SMILES string of the molecule is CCNC(=O)[C@H](C)N(Cc1ccccc1C)C(=O)CCN1C(=O)[C@H]2CC=CC[C@H]2C1=O. The van der Waals surface area contributed by atoms with Crippen molar-refractivity contribution in [1.29, 1.82) is 0 Å². The quantitative estimate of drug-likeness (QED) is 0.511. The molecule has 0 unspecified atom stereocenters. The lowest BCUT2D eigenvalue weighted by Gasteiger charge is -2.30. The summed E-state index contributed by atoms with van der Waals surface area (Å²) in [5.74, 6) is -1.45. The highest BCUT2D eigenvalue weighted by Crippen LogP contribution is 2.35. The van der Waals surface area contributed by atoms with Crippen LogP contribution in [0.4, 0.5) is 0 Å². The minimum absolute atomic E-state index is 0.0000250. The Kier molecular flexibility index (Phi) is 7.25. The van der Waals surface area contributed by atoms with E-state index in [0.29, 0.717) is 25.9 Å². The minimum Gasteiger partial charge on any atom is -0.355 e. The van der Waals surface area contributed by atoms with Crippen molar-refractivity contribution in [3.63, 3.8) is 0 Å². The molecule has 3 rings (SSSR count). The molecule has 4 amide bonds. The monoisotopic (exact) mass is 425 g/mol. The lowest BCUT2D eigenvalue weighted by molar-refractivity contribution is -0.143. The molecule has 1 aliphatic heterocycles. The molecular weight excluding hydrogens is 394 g/mol. The van der Waals surface area contributed by atoms with Gasteiger partial charge >= 0.3 is 0 Å². The topological polar surface area (TPSA) is 86.8 Å². The first-order valence-corrected chi connectivity index (χ1v) is 11.0. The molecule has 0 saturated carbocycles. The van der Waals surface area contributed by atoms with Crippen molar-refractivity contribution in [2.24, 2.45) is 11.8 Å². The number of allylic oxidation sites excluding steroid dienone is 2. The van der Waals surface area contributed by atoms with Crippen molar-refractivity contribution < 1.29 is 19.2 Å². The highest BCUT2D eigenvalue weighted by atomic mass is 16.2. The van der Waals surface area contributed by atoms with Crippen molar-refractivity contribution in [2.45, 2.75) is 52.6 Å². The van der Waals surface area contributed by atoms with E-state index < -0.39 is 6.04 Å². The third-order valence-electron chi connectivity index (χ3n) is 6.27. The molecule has 3 atom stereocenters. The van der Waals surface area contributed by atoms with Crippen LogP contribution in [0.1, 0.15) is 44.2 Å². The number of hydrogen-bond acceptors (Lipinski definition) is 4. The number of carbonyl (C=O) groups excluding carboxylic acids is 4. The maximum absolute atomic E-state index is 13.2. The highest BCUT2D eigenvalue weighted by Gasteiger charge is 2.47. The van der Waals surface area contributed by atoms with E-state index in [-0.39, 0.29) is 48.4 Å². The summed E-state index contributed by atoms with van der Waals surface area (Å²) in [4.78, 5) is 53.8. The van der Waals surface area contributed by atoms with Gasteiger partial charge in [-0.2, -0.15) is 0 Å². The van der Waals surface area contributed by atoms with Crippen LogP contribution >= 0.6 is 0 Å². The van der Waals surface area contributed by atoms with Crippen LogP contribution in [0.15, 0.2) is 36.4 Å². The normalized spacial score (nSPS) is 21.1. The van der Waals surface area contributed by atoms with Gasteiger partial charge in [-0.05, 0) is 44.7 Å². The van der Waals surface area contributed by atoms with Crippen LogP contribution in [-0.2, 0) is 25.7 Å². The first kappa shape index (κ1) is 22.7. The molecule has 1 heterocycles. The Morgan fingerprint density at radius 1 is 1.13 bits per heavy atom. The van der Waals surface area contributed by atoms with Gasteiger partial charge in [0.25, 0.3) is 0 Å². The van der Waals surface area contributed by atoms with E-state index >= 15 is 0 Å². The average Bonchev–Trinajstić information content (AvgIpc) is 3.01. The smallest absolute Gasteiger partial charge is 0.242 e. The molecule has 1 N–H and O–H groups in total. The van der Waals surface area contributed by atoms with E-state index in [9.17, 15) is 19.2 Å². The zero-order valence-electron chi connectivity index (χ0n) is 18.5. The summed E-state index contributed by atoms with van der Waals surface area (Å²) in [6, 6.07) is 7.07. The summed E-state index contributed by atoms with van der Waals surface area (Å²) in [5, 5.41) is 2.77. The van der Waals surface area contributed by atoms with E-state index in [0.717, 1.165) is 11.1 Å². The molecule has 0 bridgehead atoms. The van der Waals surface area contributed by atoms with Crippen LogP contribution in [0.25, 0.3) is 0 Å². The number of aryl methyl sites for hydroxylation is 1. The van der Waals surface area contributed by atoms with Gasteiger partial charge in [0.15, 0.2) is 0 Å². The van der Waals surface area contributed by atoms with Crippen molar-refractivity contribution in [2.75, 3.05) is 13.1 Å². The number of nitrogens with zero attached hydrogens (tertiary/aromatic N) is 2. The maximum Gasteiger partial charge on any atom is 0.242 e. The first-order chi connectivity index (χ1) is 14.8. The molecule has 166 valence electrons. The van der Waals surface area contributed by atoms with Crippen LogP contribution < -0.4 is 5.32 Å². The number of hydrogen-bond donors (Lipinski definition) is 1. The van der Waals surface area contributed by atoms with Gasteiger partial charge in [-0.1, -0.05) is 36.4 Å². The fraction of sp³-hybridized carbons (Fsp3) is 0.500. The Labute approximate surface area is 183 Å². The van der Waals surface area contributed by atoms with Crippen molar-refractivity contribution in [3.05, 3.63) is 47.5 Å². The summed E-state index contributed by atoms with van der Waals surface area (Å²) in [5.41, 5.74) is 1.99. The Morgan fingerprint density at radius 2 is 1.74 bits per heavy atom. The lowest BCUT2D eigenvalue weighted by Crippen LogP contribution is -2.48. The minimum atomic E-state index is -0.663. The average molecular weight is 426 g/mol. The van der Waals surface area contributed by atoms with Gasteiger partial charge in [-0.15, -0.1) is 0 Å². The number of imide groups is 1. The molecule has 1 saturated heterocycles. The number of carbonyl (C=O) groups is 4. The van der Waals surface area contributed by atoms with Gasteiger partial charge in [0, 0.05) is 26.1 Å². The van der Waals surface area contributed by atoms with Crippen molar-refractivity contribution >= 4 is 23.6 Å². The van der Waals surface area contributed by atoms with Crippen LogP contribution in [0, 0.1) is 18.8 Å². The molecule has 0 spiro atoms. The maximum atomic E-state index is 13.2. The van der Waals surface area contributed by atoms with Gasteiger partial charge in [0.2, 0.25) is 23.6 Å². The molecule has 7 heteroatoms. The summed E-state index contributed by atoms with van der Waals surface area (Å²) >= 11 is 0. The Hall–Kier alpha value is -2.96. The van der Waals surface area contributed by atoms with Crippen molar-refractivity contribution in [1.82, 2.24) is 15.1 Å². The number of benzene rings is 1. The largest absolute Gasteiger partial charge is 0.355 e. The number of amides is 4. The van der Waals surface area contributed by atoms with Crippen LogP contribution in [-0.4, -0.2) is 52.6 Å². The second-order valence-corrected chi connectivity index (χ2v) is 8.25. The molecule has 0 radical (unpaired) electrons. The summed E-state index contributed by atoms with van der Waals surface area (Å²) < 4.78 is 0. The van der Waals surface area contributed by atoms with Gasteiger partial charge in [0.05, 0.1) is 11.8 Å². The first-order valence-electron chi connectivity index (χ1n) is 11.0. The van der Waals surface area contributed by atoms with E-state index in [4.69, 9.17) is 0 Å².